The standard InChI is InChI=1S/C32H41N7O4/c1-5-19-43-32(42)39(31(41)34-28-22(6-2)9-8-10-23(28)7-3)27-21-33-20-26(27)29(36-39)35-30(40)24-11-13-25(14-12-24)38-17-15-37(4)16-18-38/h8-14,33H,5-7,15-21H2,1-4H3,(H-,34,35,36,40,41)/p+1. The van der Waals surface area contributed by atoms with Crippen molar-refractivity contribution in [2.24, 2.45) is 5.10 Å². The van der Waals surface area contributed by atoms with Gasteiger partial charge in [0.1, 0.15) is 0 Å². The highest BCUT2D eigenvalue weighted by Crippen LogP contribution is 2.35. The number of benzene rings is 2. The van der Waals surface area contributed by atoms with Crippen LogP contribution in [-0.2, 0) is 17.6 Å². The van der Waals surface area contributed by atoms with Crippen LogP contribution in [0.5, 0.6) is 0 Å². The van der Waals surface area contributed by atoms with Crippen LogP contribution in [-0.4, -0.2) is 86.3 Å². The van der Waals surface area contributed by atoms with Gasteiger partial charge in [-0.1, -0.05) is 39.0 Å². The van der Waals surface area contributed by atoms with Gasteiger partial charge in [-0.25, -0.2) is 4.79 Å². The molecule has 0 aliphatic carbocycles. The van der Waals surface area contributed by atoms with Crippen molar-refractivity contribution >= 4 is 35.2 Å². The van der Waals surface area contributed by atoms with Gasteiger partial charge in [-0.15, -0.1) is 0 Å². The number of nitrogens with zero attached hydrogens (tertiary/aromatic N) is 4. The van der Waals surface area contributed by atoms with E-state index >= 15 is 0 Å². The number of urea groups is 1. The number of carbonyl (C=O) groups excluding carboxylic acids is 3. The molecule has 11 heteroatoms. The molecule has 2 aromatic rings. The molecule has 3 aliphatic heterocycles. The first kappa shape index (κ1) is 30.4. The fourth-order valence-corrected chi connectivity index (χ4v) is 5.76. The average Bonchev–Trinajstić information content (AvgIpc) is 3.63. The van der Waals surface area contributed by atoms with E-state index in [4.69, 9.17) is 4.74 Å². The molecule has 3 aliphatic rings. The maximum atomic E-state index is 14.2. The van der Waals surface area contributed by atoms with E-state index in [0.29, 0.717) is 48.3 Å². The van der Waals surface area contributed by atoms with Gasteiger partial charge >= 0.3 is 12.1 Å². The van der Waals surface area contributed by atoms with E-state index in [1.807, 2.05) is 51.1 Å². The predicted octanol–water partition coefficient (Wildman–Crippen LogP) is 4.07. The molecule has 0 spiro atoms. The second-order valence-corrected chi connectivity index (χ2v) is 11.1. The van der Waals surface area contributed by atoms with E-state index in [1.165, 1.54) is 0 Å². The Balaban J connectivity index is 1.44. The number of likely N-dealkylation sites (N-methyl/N-ethyl adjacent to an activating group) is 1. The Hall–Kier alpha value is -4.06. The Morgan fingerprint density at radius 2 is 1.60 bits per heavy atom. The van der Waals surface area contributed by atoms with Crippen LogP contribution in [0.4, 0.5) is 21.0 Å². The summed E-state index contributed by atoms with van der Waals surface area (Å²) in [4.78, 5) is 45.9. The number of carbonyl (C=O) groups is 3. The number of ether oxygens (including phenoxy) is 1. The number of nitrogens with one attached hydrogen (secondary N) is 3. The molecule has 0 radical (unpaired) electrons. The van der Waals surface area contributed by atoms with E-state index < -0.39 is 16.7 Å². The third-order valence-corrected chi connectivity index (χ3v) is 8.32. The lowest BCUT2D eigenvalue weighted by molar-refractivity contribution is -0.738. The summed E-state index contributed by atoms with van der Waals surface area (Å²) in [5.74, 6) is -0.175. The summed E-state index contributed by atoms with van der Waals surface area (Å²) in [5.41, 5.74) is 5.20. The van der Waals surface area contributed by atoms with Crippen molar-refractivity contribution in [3.63, 3.8) is 0 Å². The van der Waals surface area contributed by atoms with Crippen LogP contribution in [0.2, 0.25) is 0 Å². The molecule has 228 valence electrons. The number of hydrogen-bond donors (Lipinski definition) is 3. The van der Waals surface area contributed by atoms with Crippen LogP contribution in [0.3, 0.4) is 0 Å². The zero-order valence-corrected chi connectivity index (χ0v) is 25.5. The quantitative estimate of drug-likeness (QED) is 0.418. The van der Waals surface area contributed by atoms with Crippen LogP contribution in [0, 0.1) is 0 Å². The number of amidine groups is 1. The molecule has 1 atom stereocenters. The topological polar surface area (TPSA) is 115 Å². The molecule has 3 heterocycles. The second kappa shape index (κ2) is 13.1. The van der Waals surface area contributed by atoms with E-state index in [0.717, 1.165) is 43.0 Å². The van der Waals surface area contributed by atoms with Crippen molar-refractivity contribution in [1.29, 1.82) is 0 Å². The average molecular weight is 589 g/mol. The Kier molecular flexibility index (Phi) is 9.24. The van der Waals surface area contributed by atoms with Gasteiger partial charge in [-0.05, 0) is 66.8 Å². The summed E-state index contributed by atoms with van der Waals surface area (Å²) < 4.78 is 4.53. The summed E-state index contributed by atoms with van der Waals surface area (Å²) in [7, 11) is 2.12. The Labute approximate surface area is 253 Å². The highest BCUT2D eigenvalue weighted by molar-refractivity contribution is 6.14. The number of rotatable bonds is 7. The number of hydrogen-bond acceptors (Lipinski definition) is 8. The molecule has 5 rings (SSSR count). The van der Waals surface area contributed by atoms with Crippen molar-refractivity contribution in [2.75, 3.05) is 63.1 Å². The summed E-state index contributed by atoms with van der Waals surface area (Å²) in [5, 5.41) is 13.8. The number of piperazine rings is 1. The first-order valence-corrected chi connectivity index (χ1v) is 15.2. The largest absolute Gasteiger partial charge is 0.558 e. The first-order chi connectivity index (χ1) is 20.8. The van der Waals surface area contributed by atoms with Crippen molar-refractivity contribution < 1.29 is 23.7 Å². The van der Waals surface area contributed by atoms with Crippen LogP contribution in [0.25, 0.3) is 0 Å². The minimum absolute atomic E-state index is 0.144. The number of imide groups is 1. The lowest BCUT2D eigenvalue weighted by atomic mass is 10.0. The van der Waals surface area contributed by atoms with Crippen molar-refractivity contribution in [3.8, 4) is 0 Å². The third-order valence-electron chi connectivity index (χ3n) is 8.32. The van der Waals surface area contributed by atoms with Crippen molar-refractivity contribution in [1.82, 2.24) is 15.5 Å². The van der Waals surface area contributed by atoms with Gasteiger partial charge in [0.05, 0.1) is 24.4 Å². The van der Waals surface area contributed by atoms with Crippen molar-refractivity contribution in [2.45, 2.75) is 40.0 Å². The summed E-state index contributed by atoms with van der Waals surface area (Å²) in [6.07, 6.45) is 1.20. The van der Waals surface area contributed by atoms with Crippen LogP contribution < -0.4 is 20.9 Å². The normalized spacial score (nSPS) is 20.1. The summed E-state index contributed by atoms with van der Waals surface area (Å²) >= 11 is 0. The van der Waals surface area contributed by atoms with Crippen LogP contribution in [0.1, 0.15) is 48.7 Å². The Morgan fingerprint density at radius 1 is 0.930 bits per heavy atom. The van der Waals surface area contributed by atoms with Crippen LogP contribution in [0.15, 0.2) is 58.8 Å². The predicted molar refractivity (Wildman–Crippen MR) is 167 cm³/mol. The Bertz CT molecular complexity index is 1420. The van der Waals surface area contributed by atoms with Gasteiger partial charge in [0.2, 0.25) is 5.84 Å². The van der Waals surface area contributed by atoms with E-state index in [2.05, 4.69) is 37.9 Å². The molecule has 11 nitrogen and oxygen atoms in total. The molecule has 3 N–H and O–H groups in total. The molecule has 1 fully saturated rings. The second-order valence-electron chi connectivity index (χ2n) is 11.1. The zero-order chi connectivity index (χ0) is 30.6. The fraction of sp³-hybridized carbons (Fsp3) is 0.438. The van der Waals surface area contributed by atoms with Gasteiger partial charge in [-0.3, -0.25) is 10.1 Å². The van der Waals surface area contributed by atoms with Gasteiger partial charge in [0.25, 0.3) is 5.91 Å². The molecular weight excluding hydrogens is 546 g/mol. The molecular formula is C32H42N7O4+. The maximum absolute atomic E-state index is 14.2. The van der Waals surface area contributed by atoms with E-state index in [-0.39, 0.29) is 24.9 Å². The molecule has 0 saturated carbocycles. The van der Waals surface area contributed by atoms with E-state index in [9.17, 15) is 14.4 Å². The number of quaternary nitrogens is 1. The lowest BCUT2D eigenvalue weighted by Crippen LogP contribution is -2.54. The molecule has 2 aromatic carbocycles. The molecule has 1 unspecified atom stereocenters. The maximum Gasteiger partial charge on any atom is 0.558 e. The molecule has 1 saturated heterocycles. The van der Waals surface area contributed by atoms with Gasteiger partial charge in [-0.2, -0.15) is 4.79 Å². The molecule has 0 bridgehead atoms. The van der Waals surface area contributed by atoms with Gasteiger partial charge in [0, 0.05) is 48.6 Å². The number of amides is 4. The number of anilines is 2. The summed E-state index contributed by atoms with van der Waals surface area (Å²) in [6, 6.07) is 12.7. The minimum Gasteiger partial charge on any atom is -0.418 e. The van der Waals surface area contributed by atoms with Gasteiger partial charge in [0.15, 0.2) is 5.70 Å². The highest BCUT2D eigenvalue weighted by Gasteiger charge is 2.60. The minimum atomic E-state index is -1.03. The molecule has 4 amide bonds. The Morgan fingerprint density at radius 3 is 2.23 bits per heavy atom. The molecule has 0 aromatic heterocycles. The van der Waals surface area contributed by atoms with Gasteiger partial charge < -0.3 is 25.2 Å². The fourth-order valence-electron chi connectivity index (χ4n) is 5.76. The smallest absolute Gasteiger partial charge is 0.418 e. The highest BCUT2D eigenvalue weighted by atomic mass is 16.6. The van der Waals surface area contributed by atoms with E-state index in [1.54, 1.807) is 12.1 Å². The zero-order valence-electron chi connectivity index (χ0n) is 25.5. The summed E-state index contributed by atoms with van der Waals surface area (Å²) in [6.45, 7) is 10.5. The SMILES string of the molecule is CCCOC(=O)[N+]1(C(=O)Nc2c(CC)cccc2CC)N=C(NC(=O)c2ccc(N3CCN(C)CC3)cc2)C2=C1CNC2. The van der Waals surface area contributed by atoms with Crippen molar-refractivity contribution in [3.05, 3.63) is 70.4 Å². The number of aryl methyl sites for hydroxylation is 2. The van der Waals surface area contributed by atoms with Crippen LogP contribution >= 0.6 is 0 Å². The first-order valence-electron chi connectivity index (χ1n) is 15.2. The number of para-hydroxylation sites is 1. The third kappa shape index (κ3) is 5.93. The monoisotopic (exact) mass is 588 g/mol. The lowest BCUT2D eigenvalue weighted by Gasteiger charge is -2.34. The molecule has 43 heavy (non-hydrogen) atoms.